The van der Waals surface area contributed by atoms with E-state index in [1.807, 2.05) is 0 Å². The van der Waals surface area contributed by atoms with Gasteiger partial charge in [-0.25, -0.2) is 8.42 Å². The van der Waals surface area contributed by atoms with Crippen molar-refractivity contribution in [1.82, 2.24) is 0 Å². The molecule has 0 unspecified atom stereocenters. The topological polar surface area (TPSA) is 60.4 Å². The van der Waals surface area contributed by atoms with Crippen LogP contribution < -0.4 is 4.74 Å². The Bertz CT molecular complexity index is 537. The van der Waals surface area contributed by atoms with Crippen molar-refractivity contribution in [1.29, 1.82) is 0 Å². The van der Waals surface area contributed by atoms with Gasteiger partial charge in [-0.1, -0.05) is 11.6 Å². The quantitative estimate of drug-likeness (QED) is 0.797. The predicted molar refractivity (Wildman–Crippen MR) is 61.3 cm³/mol. The van der Waals surface area contributed by atoms with Crippen LogP contribution in [-0.4, -0.2) is 27.0 Å². The first-order valence-electron chi connectivity index (χ1n) is 4.05. The molecule has 0 aromatic heterocycles. The standard InChI is InChI=1S/C9H8Cl2O4S/c1-15-8-6(16(2,13)14)4-3-5(7(8)10)9(11)12/h3-4H,1-2H3. The molecule has 88 valence electrons. The highest BCUT2D eigenvalue weighted by atomic mass is 35.5. The van der Waals surface area contributed by atoms with Crippen LogP contribution in [0.4, 0.5) is 0 Å². The van der Waals surface area contributed by atoms with E-state index in [-0.39, 0.29) is 21.2 Å². The smallest absolute Gasteiger partial charge is 0.254 e. The molecule has 0 N–H and O–H groups in total. The van der Waals surface area contributed by atoms with E-state index >= 15 is 0 Å². The summed E-state index contributed by atoms with van der Waals surface area (Å²) in [6, 6.07) is 2.48. The van der Waals surface area contributed by atoms with Crippen molar-refractivity contribution in [2.24, 2.45) is 0 Å². The SMILES string of the molecule is COc1c(S(C)(=O)=O)ccc(C(=O)Cl)c1Cl. The minimum atomic E-state index is -3.47. The van der Waals surface area contributed by atoms with E-state index < -0.39 is 15.1 Å². The molecule has 0 aliphatic carbocycles. The number of hydrogen-bond acceptors (Lipinski definition) is 4. The Morgan fingerprint density at radius 2 is 1.94 bits per heavy atom. The fourth-order valence-electron chi connectivity index (χ4n) is 1.17. The van der Waals surface area contributed by atoms with Gasteiger partial charge < -0.3 is 4.74 Å². The van der Waals surface area contributed by atoms with Gasteiger partial charge in [0.05, 0.1) is 17.7 Å². The third-order valence-electron chi connectivity index (χ3n) is 1.88. The molecule has 1 rings (SSSR count). The first kappa shape index (κ1) is 13.3. The van der Waals surface area contributed by atoms with Gasteiger partial charge in [-0.05, 0) is 23.7 Å². The third-order valence-corrected chi connectivity index (χ3v) is 3.58. The van der Waals surface area contributed by atoms with Crippen molar-refractivity contribution < 1.29 is 17.9 Å². The van der Waals surface area contributed by atoms with Crippen LogP contribution in [0.2, 0.25) is 5.02 Å². The first-order chi connectivity index (χ1) is 7.29. The van der Waals surface area contributed by atoms with Gasteiger partial charge in [0, 0.05) is 6.26 Å². The van der Waals surface area contributed by atoms with E-state index in [0.717, 1.165) is 6.26 Å². The molecule has 0 amide bonds. The van der Waals surface area contributed by atoms with Gasteiger partial charge in [-0.3, -0.25) is 4.79 Å². The van der Waals surface area contributed by atoms with Gasteiger partial charge in [0.15, 0.2) is 15.6 Å². The Labute approximate surface area is 103 Å². The Balaban J connectivity index is 3.60. The molecule has 0 fully saturated rings. The lowest BCUT2D eigenvalue weighted by atomic mass is 10.2. The highest BCUT2D eigenvalue weighted by molar-refractivity contribution is 7.90. The Morgan fingerprint density at radius 3 is 2.31 bits per heavy atom. The van der Waals surface area contributed by atoms with E-state index in [4.69, 9.17) is 27.9 Å². The third kappa shape index (κ3) is 2.48. The molecule has 16 heavy (non-hydrogen) atoms. The first-order valence-corrected chi connectivity index (χ1v) is 6.70. The molecule has 4 nitrogen and oxygen atoms in total. The van der Waals surface area contributed by atoms with Crippen LogP contribution in [0.25, 0.3) is 0 Å². The van der Waals surface area contributed by atoms with Gasteiger partial charge >= 0.3 is 0 Å². The van der Waals surface area contributed by atoms with Gasteiger partial charge in [-0.2, -0.15) is 0 Å². The van der Waals surface area contributed by atoms with Gasteiger partial charge in [-0.15, -0.1) is 0 Å². The van der Waals surface area contributed by atoms with E-state index in [9.17, 15) is 13.2 Å². The molecule has 0 saturated carbocycles. The Hall–Kier alpha value is -0.780. The Kier molecular flexibility index (Phi) is 3.83. The summed E-state index contributed by atoms with van der Waals surface area (Å²) in [5.41, 5.74) is 0.00702. The molecule has 0 heterocycles. The van der Waals surface area contributed by atoms with E-state index in [1.54, 1.807) is 0 Å². The summed E-state index contributed by atoms with van der Waals surface area (Å²) in [4.78, 5) is 10.9. The van der Waals surface area contributed by atoms with E-state index in [1.165, 1.54) is 19.2 Å². The summed E-state index contributed by atoms with van der Waals surface area (Å²) < 4.78 is 27.7. The largest absolute Gasteiger partial charge is 0.494 e. The number of benzene rings is 1. The molecule has 0 aliphatic heterocycles. The maximum Gasteiger partial charge on any atom is 0.254 e. The maximum atomic E-state index is 11.4. The number of ether oxygens (including phenoxy) is 1. The van der Waals surface area contributed by atoms with Gasteiger partial charge in [0.25, 0.3) is 5.24 Å². The van der Waals surface area contributed by atoms with Crippen LogP contribution in [0.5, 0.6) is 5.75 Å². The number of sulfone groups is 1. The molecule has 1 aromatic carbocycles. The zero-order valence-electron chi connectivity index (χ0n) is 8.45. The van der Waals surface area contributed by atoms with Crippen molar-refractivity contribution in [2.45, 2.75) is 4.90 Å². The molecule has 0 saturated heterocycles. The molecule has 0 aliphatic rings. The second-order valence-electron chi connectivity index (χ2n) is 3.00. The van der Waals surface area contributed by atoms with Crippen molar-refractivity contribution in [3.8, 4) is 5.75 Å². The lowest BCUT2D eigenvalue weighted by Gasteiger charge is -2.10. The number of rotatable bonds is 3. The van der Waals surface area contributed by atoms with Crippen molar-refractivity contribution >= 4 is 38.3 Å². The second kappa shape index (κ2) is 4.61. The number of halogens is 2. The fourth-order valence-corrected chi connectivity index (χ4v) is 2.60. The zero-order chi connectivity index (χ0) is 12.5. The monoisotopic (exact) mass is 282 g/mol. The number of hydrogen-bond donors (Lipinski definition) is 0. The van der Waals surface area contributed by atoms with Crippen LogP contribution in [0, 0.1) is 0 Å². The van der Waals surface area contributed by atoms with Gasteiger partial charge in [0.2, 0.25) is 0 Å². The average Bonchev–Trinajstić information content (AvgIpc) is 2.15. The summed E-state index contributed by atoms with van der Waals surface area (Å²) in [6.07, 6.45) is 1.02. The summed E-state index contributed by atoms with van der Waals surface area (Å²) >= 11 is 11.1. The molecule has 0 spiro atoms. The Morgan fingerprint density at radius 1 is 1.38 bits per heavy atom. The fraction of sp³-hybridized carbons (Fsp3) is 0.222. The lowest BCUT2D eigenvalue weighted by Crippen LogP contribution is -2.03. The minimum absolute atomic E-state index is 0.00702. The normalized spacial score (nSPS) is 11.2. The van der Waals surface area contributed by atoms with Crippen LogP contribution in [0.15, 0.2) is 17.0 Å². The molecular formula is C9H8Cl2O4S. The van der Waals surface area contributed by atoms with Gasteiger partial charge in [0.1, 0.15) is 4.90 Å². The number of carbonyl (C=O) groups excluding carboxylic acids is 1. The summed E-state index contributed by atoms with van der Waals surface area (Å²) in [6.45, 7) is 0. The highest BCUT2D eigenvalue weighted by Gasteiger charge is 2.21. The highest BCUT2D eigenvalue weighted by Crippen LogP contribution is 2.35. The summed E-state index contributed by atoms with van der Waals surface area (Å²) in [5, 5.41) is -0.881. The lowest BCUT2D eigenvalue weighted by molar-refractivity contribution is 0.108. The zero-order valence-corrected chi connectivity index (χ0v) is 10.8. The molecule has 0 radical (unpaired) electrons. The van der Waals surface area contributed by atoms with Crippen molar-refractivity contribution in [3.05, 3.63) is 22.7 Å². The molecule has 7 heteroatoms. The summed E-state index contributed by atoms with van der Waals surface area (Å²) in [5.74, 6) is -0.0735. The molecule has 1 aromatic rings. The predicted octanol–water partition coefficient (Wildman–Crippen LogP) is 2.13. The second-order valence-corrected chi connectivity index (χ2v) is 5.71. The van der Waals surface area contributed by atoms with Crippen LogP contribution in [0.1, 0.15) is 10.4 Å². The van der Waals surface area contributed by atoms with Crippen LogP contribution >= 0.6 is 23.2 Å². The van der Waals surface area contributed by atoms with Crippen molar-refractivity contribution in [3.63, 3.8) is 0 Å². The van der Waals surface area contributed by atoms with E-state index in [0.29, 0.717) is 0 Å². The van der Waals surface area contributed by atoms with Crippen LogP contribution in [0.3, 0.4) is 0 Å². The number of methoxy groups -OCH3 is 1. The van der Waals surface area contributed by atoms with E-state index in [2.05, 4.69) is 0 Å². The average molecular weight is 283 g/mol. The van der Waals surface area contributed by atoms with Crippen LogP contribution in [-0.2, 0) is 9.84 Å². The summed E-state index contributed by atoms with van der Waals surface area (Å²) in [7, 11) is -2.21. The van der Waals surface area contributed by atoms with Crippen molar-refractivity contribution in [2.75, 3.05) is 13.4 Å². The molecule has 0 bridgehead atoms. The molecular weight excluding hydrogens is 275 g/mol. The number of carbonyl (C=O) groups is 1. The minimum Gasteiger partial charge on any atom is -0.494 e. The molecule has 0 atom stereocenters. The maximum absolute atomic E-state index is 11.4.